The topological polar surface area (TPSA) is 111 Å². The zero-order valence-electron chi connectivity index (χ0n) is 13.6. The number of urea groups is 1. The summed E-state index contributed by atoms with van der Waals surface area (Å²) in [5.74, 6) is -1.78. The molecule has 25 heavy (non-hydrogen) atoms. The van der Waals surface area contributed by atoms with Gasteiger partial charge in [0.15, 0.2) is 11.7 Å². The first-order valence-electron chi connectivity index (χ1n) is 7.84. The van der Waals surface area contributed by atoms with E-state index in [2.05, 4.69) is 5.32 Å². The van der Waals surface area contributed by atoms with Crippen molar-refractivity contribution in [3.05, 3.63) is 34.8 Å². The highest BCUT2D eigenvalue weighted by Crippen LogP contribution is 2.12. The van der Waals surface area contributed by atoms with Crippen LogP contribution in [0.5, 0.6) is 0 Å². The second-order valence-electron chi connectivity index (χ2n) is 5.59. The molecule has 2 aromatic rings. The van der Waals surface area contributed by atoms with Crippen molar-refractivity contribution in [2.75, 3.05) is 13.1 Å². The Balaban J connectivity index is 1.59. The molecule has 9 nitrogen and oxygen atoms in total. The van der Waals surface area contributed by atoms with Crippen LogP contribution in [0.1, 0.15) is 13.3 Å². The van der Waals surface area contributed by atoms with Crippen molar-refractivity contribution in [3.8, 4) is 0 Å². The minimum Gasteiger partial charge on any atom is -0.452 e. The van der Waals surface area contributed by atoms with E-state index in [1.54, 1.807) is 24.3 Å². The molecule has 1 N–H and O–H groups in total. The molecule has 9 heteroatoms. The monoisotopic (exact) mass is 347 g/mol. The normalized spacial score (nSPS) is 15.2. The number of aryl methyl sites for hydroxylation is 1. The Morgan fingerprint density at radius 3 is 2.80 bits per heavy atom. The highest BCUT2D eigenvalue weighted by molar-refractivity contribution is 5.98. The Morgan fingerprint density at radius 1 is 1.32 bits per heavy atom. The molecule has 3 amide bonds. The Bertz CT molecular complexity index is 883. The van der Waals surface area contributed by atoms with Gasteiger partial charge in [-0.05, 0) is 19.1 Å². The van der Waals surface area contributed by atoms with Gasteiger partial charge in [0.05, 0.1) is 11.9 Å². The second kappa shape index (κ2) is 6.80. The number of ether oxygens (including phenoxy) is 1. The number of hydrogen-bond donors (Lipinski definition) is 1. The van der Waals surface area contributed by atoms with Crippen LogP contribution in [0, 0.1) is 0 Å². The molecule has 0 bridgehead atoms. The number of amides is 3. The summed E-state index contributed by atoms with van der Waals surface area (Å²) in [7, 11) is 0. The Hall–Kier alpha value is -3.10. The van der Waals surface area contributed by atoms with Crippen molar-refractivity contribution in [2.24, 2.45) is 0 Å². The minimum atomic E-state index is -1.07. The number of para-hydroxylation sites is 2. The van der Waals surface area contributed by atoms with E-state index in [1.807, 2.05) is 0 Å². The maximum Gasteiger partial charge on any atom is 0.419 e. The van der Waals surface area contributed by atoms with E-state index in [0.717, 1.165) is 4.90 Å². The zero-order chi connectivity index (χ0) is 18.0. The fourth-order valence-corrected chi connectivity index (χ4v) is 2.64. The SMILES string of the molecule is CC(OC(=O)CCn1c(=O)oc2ccccc21)C(=O)N1CCNC1=O. The number of fused-ring (bicyclic) bond motifs is 1. The average molecular weight is 347 g/mol. The first-order chi connectivity index (χ1) is 12.0. The predicted octanol–water partition coefficient (Wildman–Crippen LogP) is 0.468. The Morgan fingerprint density at radius 2 is 2.08 bits per heavy atom. The van der Waals surface area contributed by atoms with Crippen LogP contribution < -0.4 is 11.1 Å². The van der Waals surface area contributed by atoms with Gasteiger partial charge < -0.3 is 14.5 Å². The molecular formula is C16H17N3O6. The van der Waals surface area contributed by atoms with Crippen molar-refractivity contribution in [2.45, 2.75) is 26.0 Å². The molecule has 1 atom stereocenters. The number of nitrogens with one attached hydrogen (secondary N) is 1. The van der Waals surface area contributed by atoms with Gasteiger partial charge in [0.25, 0.3) is 5.91 Å². The maximum atomic E-state index is 12.1. The summed E-state index contributed by atoms with van der Waals surface area (Å²) >= 11 is 0. The summed E-state index contributed by atoms with van der Waals surface area (Å²) in [6.07, 6.45) is -1.18. The van der Waals surface area contributed by atoms with E-state index in [4.69, 9.17) is 9.15 Å². The molecule has 132 valence electrons. The minimum absolute atomic E-state index is 0.0692. The summed E-state index contributed by atoms with van der Waals surface area (Å²) in [4.78, 5) is 48.3. The van der Waals surface area contributed by atoms with E-state index in [0.29, 0.717) is 17.6 Å². The zero-order valence-corrected chi connectivity index (χ0v) is 13.6. The first-order valence-corrected chi connectivity index (χ1v) is 7.84. The molecule has 3 rings (SSSR count). The number of benzene rings is 1. The molecule has 1 aliphatic rings. The number of hydrogen-bond acceptors (Lipinski definition) is 6. The summed E-state index contributed by atoms with van der Waals surface area (Å²) < 4.78 is 11.5. The predicted molar refractivity (Wildman–Crippen MR) is 85.8 cm³/mol. The Labute approximate surface area is 142 Å². The van der Waals surface area contributed by atoms with E-state index in [9.17, 15) is 19.2 Å². The van der Waals surface area contributed by atoms with Gasteiger partial charge in [-0.2, -0.15) is 0 Å². The number of aromatic nitrogens is 1. The molecular weight excluding hydrogens is 330 g/mol. The number of esters is 1. The standard InChI is InChI=1S/C16H17N3O6/c1-10(14(21)19-9-7-17-15(19)22)24-13(20)6-8-18-11-4-2-3-5-12(11)25-16(18)23/h2-5,10H,6-9H2,1H3,(H,17,22). The van der Waals surface area contributed by atoms with Crippen LogP contribution in [0.15, 0.2) is 33.5 Å². The lowest BCUT2D eigenvalue weighted by atomic mass is 10.3. The molecule has 0 spiro atoms. The molecule has 0 aliphatic carbocycles. The summed E-state index contributed by atoms with van der Waals surface area (Å²) in [5, 5.41) is 2.50. The third-order valence-electron chi connectivity index (χ3n) is 3.89. The van der Waals surface area contributed by atoms with Crippen molar-refractivity contribution >= 4 is 29.0 Å². The third kappa shape index (κ3) is 3.39. The number of oxazole rings is 1. The number of rotatable bonds is 5. The molecule has 1 aromatic heterocycles. The summed E-state index contributed by atoms with van der Waals surface area (Å²) in [6.45, 7) is 2.10. The number of carbonyl (C=O) groups is 3. The number of nitrogens with zero attached hydrogens (tertiary/aromatic N) is 2. The highest BCUT2D eigenvalue weighted by Gasteiger charge is 2.31. The van der Waals surface area contributed by atoms with Crippen LogP contribution in [0.4, 0.5) is 4.79 Å². The van der Waals surface area contributed by atoms with Gasteiger partial charge in [-0.25, -0.2) is 9.59 Å². The van der Waals surface area contributed by atoms with Crippen LogP contribution in [0.3, 0.4) is 0 Å². The van der Waals surface area contributed by atoms with Gasteiger partial charge >= 0.3 is 17.8 Å². The van der Waals surface area contributed by atoms with Gasteiger partial charge in [0.1, 0.15) is 0 Å². The maximum absolute atomic E-state index is 12.1. The van der Waals surface area contributed by atoms with Gasteiger partial charge in [-0.3, -0.25) is 19.1 Å². The third-order valence-corrected chi connectivity index (χ3v) is 3.89. The van der Waals surface area contributed by atoms with Crippen LogP contribution in [-0.4, -0.2) is 46.6 Å². The van der Waals surface area contributed by atoms with Crippen molar-refractivity contribution in [1.29, 1.82) is 0 Å². The summed E-state index contributed by atoms with van der Waals surface area (Å²) in [5.41, 5.74) is 1.02. The van der Waals surface area contributed by atoms with Crippen molar-refractivity contribution in [1.82, 2.24) is 14.8 Å². The van der Waals surface area contributed by atoms with Crippen LogP contribution in [0.2, 0.25) is 0 Å². The second-order valence-corrected chi connectivity index (χ2v) is 5.59. The quantitative estimate of drug-likeness (QED) is 0.787. The van der Waals surface area contributed by atoms with Crippen molar-refractivity contribution < 1.29 is 23.5 Å². The molecule has 2 heterocycles. The molecule has 1 aromatic carbocycles. The van der Waals surface area contributed by atoms with Crippen LogP contribution in [0.25, 0.3) is 11.1 Å². The molecule has 1 saturated heterocycles. The fourth-order valence-electron chi connectivity index (χ4n) is 2.64. The van der Waals surface area contributed by atoms with Crippen molar-refractivity contribution in [3.63, 3.8) is 0 Å². The number of carbonyl (C=O) groups excluding carboxylic acids is 3. The average Bonchev–Trinajstić information content (AvgIpc) is 3.14. The molecule has 1 aliphatic heterocycles. The van der Waals surface area contributed by atoms with Gasteiger partial charge in [-0.15, -0.1) is 0 Å². The van der Waals surface area contributed by atoms with E-state index in [1.165, 1.54) is 11.5 Å². The molecule has 1 fully saturated rings. The van der Waals surface area contributed by atoms with Gasteiger partial charge in [-0.1, -0.05) is 12.1 Å². The van der Waals surface area contributed by atoms with Crippen LogP contribution in [-0.2, 0) is 20.9 Å². The first kappa shape index (κ1) is 16.7. The van der Waals surface area contributed by atoms with E-state index < -0.39 is 29.8 Å². The van der Waals surface area contributed by atoms with Gasteiger partial charge in [0.2, 0.25) is 0 Å². The fraction of sp³-hybridized carbons (Fsp3) is 0.375. The molecule has 0 saturated carbocycles. The smallest absolute Gasteiger partial charge is 0.419 e. The summed E-state index contributed by atoms with van der Waals surface area (Å²) in [6, 6.07) is 6.38. The molecule has 1 unspecified atom stereocenters. The lowest BCUT2D eigenvalue weighted by Crippen LogP contribution is -2.41. The van der Waals surface area contributed by atoms with Crippen LogP contribution >= 0.6 is 0 Å². The number of imide groups is 1. The molecule has 0 radical (unpaired) electrons. The lowest BCUT2D eigenvalue weighted by Gasteiger charge is -2.18. The van der Waals surface area contributed by atoms with Gasteiger partial charge in [0, 0.05) is 19.6 Å². The Kier molecular flexibility index (Phi) is 4.55. The lowest BCUT2D eigenvalue weighted by molar-refractivity contribution is -0.157. The highest BCUT2D eigenvalue weighted by atomic mass is 16.5. The largest absolute Gasteiger partial charge is 0.452 e. The van der Waals surface area contributed by atoms with E-state index in [-0.39, 0.29) is 19.5 Å². The van der Waals surface area contributed by atoms with E-state index >= 15 is 0 Å².